The monoisotopic (exact) mass is 370 g/mol. The first-order valence-electron chi connectivity index (χ1n) is 9.13. The highest BCUT2D eigenvalue weighted by molar-refractivity contribution is 7.85. The Morgan fingerprint density at radius 1 is 0.960 bits per heavy atom. The molecule has 5 nitrogen and oxygen atoms in total. The third kappa shape index (κ3) is 9.02. The number of benzene rings is 1. The predicted molar refractivity (Wildman–Crippen MR) is 98.5 cm³/mol. The van der Waals surface area contributed by atoms with Gasteiger partial charge in [0.2, 0.25) is 0 Å². The fourth-order valence-corrected chi connectivity index (χ4v) is 3.53. The average Bonchev–Trinajstić information content (AvgIpc) is 2.55. The van der Waals surface area contributed by atoms with Crippen molar-refractivity contribution in [2.75, 3.05) is 0 Å². The highest BCUT2D eigenvalue weighted by Gasteiger charge is 2.14. The number of carbonyl (C=O) groups is 1. The van der Waals surface area contributed by atoms with E-state index in [0.29, 0.717) is 5.92 Å². The van der Waals surface area contributed by atoms with Crippen LogP contribution in [-0.4, -0.2) is 24.0 Å². The van der Waals surface area contributed by atoms with Gasteiger partial charge in [-0.05, 0) is 42.9 Å². The van der Waals surface area contributed by atoms with Gasteiger partial charge in [-0.3, -0.25) is 9.35 Å². The SMILES string of the molecule is CCCCCC(CCCCCCC(=O)O)c1ccc(S(=O)(=O)O)cc1. The second kappa shape index (κ2) is 11.3. The molecular weight excluding hydrogens is 340 g/mol. The molecule has 0 bridgehead atoms. The molecule has 0 radical (unpaired) electrons. The third-order valence-electron chi connectivity index (χ3n) is 4.50. The molecule has 0 aromatic heterocycles. The molecule has 6 heteroatoms. The number of rotatable bonds is 13. The van der Waals surface area contributed by atoms with Crippen molar-refractivity contribution in [3.05, 3.63) is 29.8 Å². The standard InChI is InChI=1S/C19H30O5S/c1-2-3-6-9-16(10-7-4-5-8-11-19(20)21)17-12-14-18(15-13-17)25(22,23)24/h12-16H,2-11H2,1H3,(H,20,21)(H,22,23,24). The molecule has 0 heterocycles. The number of hydrogen-bond donors (Lipinski definition) is 2. The van der Waals surface area contributed by atoms with E-state index in [1.807, 2.05) is 0 Å². The van der Waals surface area contributed by atoms with Crippen molar-refractivity contribution in [1.29, 1.82) is 0 Å². The van der Waals surface area contributed by atoms with Gasteiger partial charge in [-0.2, -0.15) is 8.42 Å². The van der Waals surface area contributed by atoms with Gasteiger partial charge in [0.1, 0.15) is 0 Å². The van der Waals surface area contributed by atoms with Crippen LogP contribution in [-0.2, 0) is 14.9 Å². The summed E-state index contributed by atoms with van der Waals surface area (Å²) in [4.78, 5) is 10.4. The van der Waals surface area contributed by atoms with E-state index in [1.54, 1.807) is 12.1 Å². The molecule has 0 amide bonds. The molecule has 0 aliphatic rings. The second-order valence-electron chi connectivity index (χ2n) is 6.58. The Balaban J connectivity index is 2.58. The topological polar surface area (TPSA) is 91.7 Å². The van der Waals surface area contributed by atoms with Crippen LogP contribution in [0.3, 0.4) is 0 Å². The van der Waals surface area contributed by atoms with Gasteiger partial charge in [-0.25, -0.2) is 0 Å². The lowest BCUT2D eigenvalue weighted by Crippen LogP contribution is -2.02. The van der Waals surface area contributed by atoms with Crippen molar-refractivity contribution >= 4 is 16.1 Å². The van der Waals surface area contributed by atoms with Crippen LogP contribution in [0.15, 0.2) is 29.2 Å². The van der Waals surface area contributed by atoms with E-state index < -0.39 is 16.1 Å². The van der Waals surface area contributed by atoms with Crippen molar-refractivity contribution in [3.8, 4) is 0 Å². The molecule has 0 spiro atoms. The van der Waals surface area contributed by atoms with Crippen LogP contribution in [0.1, 0.15) is 82.6 Å². The highest BCUT2D eigenvalue weighted by Crippen LogP contribution is 2.29. The fraction of sp³-hybridized carbons (Fsp3) is 0.632. The Morgan fingerprint density at radius 2 is 1.52 bits per heavy atom. The van der Waals surface area contributed by atoms with Crippen molar-refractivity contribution in [2.24, 2.45) is 0 Å². The van der Waals surface area contributed by atoms with Crippen LogP contribution in [0.25, 0.3) is 0 Å². The normalized spacial score (nSPS) is 12.9. The second-order valence-corrected chi connectivity index (χ2v) is 8.00. The maximum atomic E-state index is 11.2. The lowest BCUT2D eigenvalue weighted by Gasteiger charge is -2.18. The van der Waals surface area contributed by atoms with E-state index in [-0.39, 0.29) is 11.3 Å². The zero-order chi connectivity index (χ0) is 18.7. The molecule has 1 rings (SSSR count). The van der Waals surface area contributed by atoms with Crippen molar-refractivity contribution in [1.82, 2.24) is 0 Å². The molecule has 142 valence electrons. The zero-order valence-electron chi connectivity index (χ0n) is 15.0. The van der Waals surface area contributed by atoms with E-state index in [2.05, 4.69) is 6.92 Å². The molecule has 0 fully saturated rings. The fourth-order valence-electron chi connectivity index (χ4n) is 3.05. The van der Waals surface area contributed by atoms with E-state index in [1.165, 1.54) is 18.6 Å². The molecule has 0 saturated heterocycles. The number of carboxylic acid groups (broad SMARTS) is 1. The van der Waals surface area contributed by atoms with Crippen molar-refractivity contribution in [2.45, 2.75) is 81.9 Å². The smallest absolute Gasteiger partial charge is 0.303 e. The quantitative estimate of drug-likeness (QED) is 0.375. The summed E-state index contributed by atoms with van der Waals surface area (Å²) in [5, 5.41) is 8.65. The summed E-state index contributed by atoms with van der Waals surface area (Å²) in [6, 6.07) is 6.52. The molecule has 1 unspecified atom stereocenters. The zero-order valence-corrected chi connectivity index (χ0v) is 15.8. The number of unbranched alkanes of at least 4 members (excludes halogenated alkanes) is 5. The summed E-state index contributed by atoms with van der Waals surface area (Å²) in [5.41, 5.74) is 1.11. The van der Waals surface area contributed by atoms with Crippen LogP contribution in [0.4, 0.5) is 0 Å². The molecule has 25 heavy (non-hydrogen) atoms. The molecular formula is C19H30O5S. The highest BCUT2D eigenvalue weighted by atomic mass is 32.2. The molecule has 1 aromatic carbocycles. The van der Waals surface area contributed by atoms with Gasteiger partial charge < -0.3 is 5.11 Å². The lowest BCUT2D eigenvalue weighted by molar-refractivity contribution is -0.137. The van der Waals surface area contributed by atoms with Crippen molar-refractivity contribution in [3.63, 3.8) is 0 Å². The van der Waals surface area contributed by atoms with E-state index in [4.69, 9.17) is 9.66 Å². The number of hydrogen-bond acceptors (Lipinski definition) is 3. The van der Waals surface area contributed by atoms with Gasteiger partial charge in [-0.15, -0.1) is 0 Å². The summed E-state index contributed by atoms with van der Waals surface area (Å²) in [5.74, 6) is -0.363. The molecule has 1 aromatic rings. The summed E-state index contributed by atoms with van der Waals surface area (Å²) < 4.78 is 31.4. The van der Waals surface area contributed by atoms with Crippen LogP contribution in [0.2, 0.25) is 0 Å². The van der Waals surface area contributed by atoms with Gasteiger partial charge in [-0.1, -0.05) is 57.6 Å². The van der Waals surface area contributed by atoms with E-state index in [9.17, 15) is 13.2 Å². The number of aliphatic carboxylic acids is 1. The lowest BCUT2D eigenvalue weighted by atomic mass is 9.88. The van der Waals surface area contributed by atoms with Crippen LogP contribution in [0.5, 0.6) is 0 Å². The largest absolute Gasteiger partial charge is 0.481 e. The Hall–Kier alpha value is -1.40. The van der Waals surface area contributed by atoms with E-state index >= 15 is 0 Å². The summed E-state index contributed by atoms with van der Waals surface area (Å²) in [7, 11) is -4.15. The average molecular weight is 371 g/mol. The molecule has 0 aliphatic carbocycles. The first-order chi connectivity index (χ1) is 11.8. The molecule has 0 aliphatic heterocycles. The van der Waals surface area contributed by atoms with Crippen LogP contribution >= 0.6 is 0 Å². The van der Waals surface area contributed by atoms with Gasteiger partial charge in [0.25, 0.3) is 10.1 Å². The maximum Gasteiger partial charge on any atom is 0.303 e. The summed E-state index contributed by atoms with van der Waals surface area (Å²) in [6.07, 6.45) is 9.49. The Bertz CT molecular complexity index is 607. The van der Waals surface area contributed by atoms with Crippen LogP contribution < -0.4 is 0 Å². The van der Waals surface area contributed by atoms with Crippen molar-refractivity contribution < 1.29 is 22.9 Å². The first-order valence-corrected chi connectivity index (χ1v) is 10.6. The first kappa shape index (κ1) is 21.6. The Labute approximate surface area is 151 Å². The molecule has 1 atom stereocenters. The number of carboxylic acids is 1. The Morgan fingerprint density at radius 3 is 2.04 bits per heavy atom. The van der Waals surface area contributed by atoms with Crippen LogP contribution in [0, 0.1) is 0 Å². The summed E-state index contributed by atoms with van der Waals surface area (Å²) >= 11 is 0. The third-order valence-corrected chi connectivity index (χ3v) is 5.37. The predicted octanol–water partition coefficient (Wildman–Crippen LogP) is 5.02. The minimum Gasteiger partial charge on any atom is -0.481 e. The Kier molecular flexibility index (Phi) is 9.75. The van der Waals surface area contributed by atoms with Gasteiger partial charge in [0.05, 0.1) is 4.90 Å². The van der Waals surface area contributed by atoms with Gasteiger partial charge in [0, 0.05) is 6.42 Å². The maximum absolute atomic E-state index is 11.2. The summed E-state index contributed by atoms with van der Waals surface area (Å²) in [6.45, 7) is 2.17. The van der Waals surface area contributed by atoms with Gasteiger partial charge in [0.15, 0.2) is 0 Å². The molecule has 2 N–H and O–H groups in total. The van der Waals surface area contributed by atoms with Gasteiger partial charge >= 0.3 is 5.97 Å². The minimum absolute atomic E-state index is 0.0720. The van der Waals surface area contributed by atoms with E-state index in [0.717, 1.165) is 56.9 Å². The molecule has 0 saturated carbocycles. The minimum atomic E-state index is -4.15.